The summed E-state index contributed by atoms with van der Waals surface area (Å²) in [7, 11) is 0. The summed E-state index contributed by atoms with van der Waals surface area (Å²) in [5, 5.41) is 12.3. The highest BCUT2D eigenvalue weighted by Gasteiger charge is 2.33. The lowest BCUT2D eigenvalue weighted by Crippen LogP contribution is -2.44. The van der Waals surface area contributed by atoms with Crippen molar-refractivity contribution < 1.29 is 32.6 Å². The number of hydrogen-bond donors (Lipinski definition) is 2. The number of nitrogens with zero attached hydrogens (tertiary/aromatic N) is 1. The molecule has 0 aliphatic heterocycles. The predicted molar refractivity (Wildman–Crippen MR) is 143 cm³/mol. The van der Waals surface area contributed by atoms with Gasteiger partial charge in [0.1, 0.15) is 10.5 Å². The van der Waals surface area contributed by atoms with E-state index < -0.39 is 17.1 Å². The molecule has 0 bridgehead atoms. The van der Waals surface area contributed by atoms with Gasteiger partial charge >= 0.3 is 18.4 Å². The van der Waals surface area contributed by atoms with Crippen LogP contribution in [0.2, 0.25) is 0 Å². The van der Waals surface area contributed by atoms with Crippen LogP contribution in [0.5, 0.6) is 5.75 Å². The maximum atomic E-state index is 13.3. The molecular weight excluding hydrogens is 517 g/mol. The monoisotopic (exact) mass is 552 g/mol. The van der Waals surface area contributed by atoms with Crippen molar-refractivity contribution in [2.45, 2.75) is 87.8 Å². The molecule has 6 nitrogen and oxygen atoms in total. The molecule has 1 aliphatic carbocycles. The summed E-state index contributed by atoms with van der Waals surface area (Å²) in [5.74, 6) is -1.24. The number of anilines is 1. The van der Waals surface area contributed by atoms with Crippen LogP contribution in [0.3, 0.4) is 0 Å². The largest absolute Gasteiger partial charge is 0.573 e. The molecule has 38 heavy (non-hydrogen) atoms. The molecular formula is C28H35F3N2O4S. The fourth-order valence-electron chi connectivity index (χ4n) is 4.46. The highest BCUT2D eigenvalue weighted by Crippen LogP contribution is 2.36. The molecule has 208 valence electrons. The molecule has 1 aliphatic rings. The number of alkyl halides is 3. The van der Waals surface area contributed by atoms with Crippen LogP contribution in [0.4, 0.5) is 23.7 Å². The smallest absolute Gasteiger partial charge is 0.480 e. The van der Waals surface area contributed by atoms with E-state index in [4.69, 9.17) is 0 Å². The lowest BCUT2D eigenvalue weighted by molar-refractivity contribution is -0.274. The van der Waals surface area contributed by atoms with Crippen molar-refractivity contribution in [2.75, 3.05) is 11.9 Å². The van der Waals surface area contributed by atoms with Gasteiger partial charge in [-0.25, -0.2) is 4.79 Å². The summed E-state index contributed by atoms with van der Waals surface area (Å²) in [6, 6.07) is 10.7. The fourth-order valence-corrected chi connectivity index (χ4v) is 5.48. The van der Waals surface area contributed by atoms with Gasteiger partial charge in [0, 0.05) is 23.2 Å². The van der Waals surface area contributed by atoms with E-state index in [9.17, 15) is 27.9 Å². The molecule has 0 radical (unpaired) electrons. The molecule has 0 fully saturated rings. The van der Waals surface area contributed by atoms with E-state index in [1.165, 1.54) is 36.0 Å². The van der Waals surface area contributed by atoms with Crippen LogP contribution in [-0.4, -0.2) is 45.7 Å². The number of amides is 2. The Kier molecular flexibility index (Phi) is 9.98. The van der Waals surface area contributed by atoms with Gasteiger partial charge in [-0.05, 0) is 80.6 Å². The maximum Gasteiger partial charge on any atom is 0.573 e. The predicted octanol–water partition coefficient (Wildman–Crippen LogP) is 7.51. The van der Waals surface area contributed by atoms with Gasteiger partial charge in [0.2, 0.25) is 0 Å². The molecule has 0 aromatic heterocycles. The van der Waals surface area contributed by atoms with Crippen LogP contribution in [0.15, 0.2) is 47.4 Å². The summed E-state index contributed by atoms with van der Waals surface area (Å²) in [6.45, 7) is 6.05. The Bertz CT molecular complexity index is 1110. The summed E-state index contributed by atoms with van der Waals surface area (Å²) < 4.78 is 40.3. The molecule has 2 aromatic rings. The lowest BCUT2D eigenvalue weighted by Gasteiger charge is -2.29. The number of thioether (sulfide) groups is 1. The number of unbranched alkanes of at least 4 members (excludes halogenated alkanes) is 4. The Hall–Kier alpha value is -2.88. The van der Waals surface area contributed by atoms with Crippen molar-refractivity contribution in [1.82, 2.24) is 4.90 Å². The molecule has 0 spiro atoms. The number of rotatable bonds is 12. The third-order valence-corrected chi connectivity index (χ3v) is 7.69. The SMILES string of the molecule is CCCCCCCN(C(=O)Nc1ccc(OC(F)(F)F)cc1)[C@H]1Cc2ccc(SC(C)(C)C(=O)O)cc2C1. The number of halogens is 3. The first-order valence-electron chi connectivity index (χ1n) is 12.9. The van der Waals surface area contributed by atoms with E-state index in [-0.39, 0.29) is 17.8 Å². The average Bonchev–Trinajstić information content (AvgIpc) is 3.24. The lowest BCUT2D eigenvalue weighted by atomic mass is 10.1. The Morgan fingerprint density at radius 3 is 2.32 bits per heavy atom. The maximum absolute atomic E-state index is 13.3. The second kappa shape index (κ2) is 12.8. The second-order valence-corrected chi connectivity index (χ2v) is 11.7. The number of aliphatic carboxylic acids is 1. The van der Waals surface area contributed by atoms with Crippen molar-refractivity contribution in [3.05, 3.63) is 53.6 Å². The molecule has 1 atom stereocenters. The van der Waals surface area contributed by atoms with Gasteiger partial charge in [-0.1, -0.05) is 38.7 Å². The fraction of sp³-hybridized carbons (Fsp3) is 0.500. The molecule has 0 saturated heterocycles. The van der Waals surface area contributed by atoms with Crippen molar-refractivity contribution in [1.29, 1.82) is 0 Å². The van der Waals surface area contributed by atoms with Crippen LogP contribution in [0.1, 0.15) is 64.0 Å². The minimum absolute atomic E-state index is 0.0725. The summed E-state index contributed by atoms with van der Waals surface area (Å²) in [5.41, 5.74) is 2.61. The van der Waals surface area contributed by atoms with Crippen molar-refractivity contribution in [3.8, 4) is 5.75 Å². The topological polar surface area (TPSA) is 78.9 Å². The quantitative estimate of drug-likeness (QED) is 0.210. The zero-order valence-electron chi connectivity index (χ0n) is 21.9. The zero-order chi connectivity index (χ0) is 27.9. The number of carboxylic acid groups (broad SMARTS) is 1. The molecule has 0 heterocycles. The highest BCUT2D eigenvalue weighted by atomic mass is 32.2. The molecule has 0 unspecified atom stereocenters. The summed E-state index contributed by atoms with van der Waals surface area (Å²) in [6.07, 6.45) is 1.77. The van der Waals surface area contributed by atoms with Gasteiger partial charge in [-0.2, -0.15) is 0 Å². The first-order chi connectivity index (χ1) is 17.9. The van der Waals surface area contributed by atoms with Crippen LogP contribution in [-0.2, 0) is 17.6 Å². The first kappa shape index (κ1) is 29.7. The Labute approximate surface area is 225 Å². The number of fused-ring (bicyclic) bond motifs is 1. The number of hydrogen-bond acceptors (Lipinski definition) is 4. The van der Waals surface area contributed by atoms with E-state index in [2.05, 4.69) is 17.0 Å². The molecule has 3 rings (SSSR count). The highest BCUT2D eigenvalue weighted by molar-refractivity contribution is 8.01. The standard InChI is InChI=1S/C28H35F3N2O4S/c1-4-5-6-7-8-15-33(26(36)32-21-10-12-23(13-11-21)37-28(29,30)31)22-16-19-9-14-24(18-20(19)17-22)38-27(2,3)25(34)35/h9-14,18,22H,4-8,15-17H2,1-3H3,(H,32,36)(H,34,35)/t22-/m0/s1. The summed E-state index contributed by atoms with van der Waals surface area (Å²) >= 11 is 1.29. The van der Waals surface area contributed by atoms with Gasteiger partial charge in [-0.15, -0.1) is 24.9 Å². The van der Waals surface area contributed by atoms with Crippen LogP contribution >= 0.6 is 11.8 Å². The number of carboxylic acids is 1. The summed E-state index contributed by atoms with van der Waals surface area (Å²) in [4.78, 5) is 27.6. The van der Waals surface area contributed by atoms with Gasteiger partial charge in [0.05, 0.1) is 0 Å². The molecule has 0 saturated carbocycles. The molecule has 2 amide bonds. The third kappa shape index (κ3) is 8.58. The molecule has 2 N–H and O–H groups in total. The normalized spacial score (nSPS) is 15.2. The van der Waals surface area contributed by atoms with Gasteiger partial charge in [-0.3, -0.25) is 4.79 Å². The van der Waals surface area contributed by atoms with E-state index in [0.717, 1.165) is 48.1 Å². The van der Waals surface area contributed by atoms with Crippen molar-refractivity contribution in [3.63, 3.8) is 0 Å². The van der Waals surface area contributed by atoms with Crippen molar-refractivity contribution in [2.24, 2.45) is 0 Å². The second-order valence-electron chi connectivity index (χ2n) is 10.0. The van der Waals surface area contributed by atoms with Gasteiger partial charge < -0.3 is 20.1 Å². The number of carbonyl (C=O) groups is 2. The number of nitrogens with one attached hydrogen (secondary N) is 1. The molecule has 10 heteroatoms. The van der Waals surface area contributed by atoms with Gasteiger partial charge in [0.25, 0.3) is 0 Å². The first-order valence-corrected chi connectivity index (χ1v) is 13.7. The number of carbonyl (C=O) groups excluding carboxylic acids is 1. The van der Waals surface area contributed by atoms with E-state index >= 15 is 0 Å². The third-order valence-electron chi connectivity index (χ3n) is 6.52. The number of ether oxygens (including phenoxy) is 1. The van der Waals surface area contributed by atoms with E-state index in [1.807, 2.05) is 23.1 Å². The van der Waals surface area contributed by atoms with E-state index in [1.54, 1.807) is 13.8 Å². The van der Waals surface area contributed by atoms with Gasteiger partial charge in [0.15, 0.2) is 0 Å². The van der Waals surface area contributed by atoms with Crippen molar-refractivity contribution >= 4 is 29.4 Å². The minimum atomic E-state index is -4.78. The van der Waals surface area contributed by atoms with Crippen LogP contribution < -0.4 is 10.1 Å². The van der Waals surface area contributed by atoms with Crippen LogP contribution in [0, 0.1) is 0 Å². The van der Waals surface area contributed by atoms with E-state index in [0.29, 0.717) is 25.1 Å². The van der Waals surface area contributed by atoms with Crippen LogP contribution in [0.25, 0.3) is 0 Å². The molecule has 2 aromatic carbocycles. The number of benzene rings is 2. The zero-order valence-corrected chi connectivity index (χ0v) is 22.8. The Balaban J connectivity index is 1.71. The average molecular weight is 553 g/mol. The Morgan fingerprint density at radius 2 is 1.68 bits per heavy atom. The number of urea groups is 1. The Morgan fingerprint density at radius 1 is 1.03 bits per heavy atom. The minimum Gasteiger partial charge on any atom is -0.480 e.